The van der Waals surface area contributed by atoms with Crippen LogP contribution in [0.25, 0.3) is 11.1 Å². The van der Waals surface area contributed by atoms with Gasteiger partial charge < -0.3 is 35.7 Å². The Hall–Kier alpha value is -4.58. The highest BCUT2D eigenvalue weighted by atomic mass is 16.7. The number of methoxy groups -OCH3 is 1. The molecule has 2 saturated heterocycles. The standard InChI is InChI=1S/C42H50N4O6/c1-50-28-34-9-7-23-46(34)26-35-24-39(31-17-15-29(27-47)16-18-31)52-42(51-35)32-21-19-30(20-22-32)36-10-3-2-8-33(36)25-44-40(48)13-6-14-41(49)45-38-12-5-4-11-37(38)43/h2-5,8,10-12,15-22,34-35,39,42,47H,6-7,9,13-14,23-28,43H2,1H3,(H,44,48)(H,45,49)/t34-,35-,39+,42+/m0/s1. The highest BCUT2D eigenvalue weighted by molar-refractivity contribution is 5.94. The molecule has 0 spiro atoms. The topological polar surface area (TPSA) is 135 Å². The largest absolute Gasteiger partial charge is 0.397 e. The van der Waals surface area contributed by atoms with Crippen LogP contribution in [0.15, 0.2) is 97.1 Å². The Morgan fingerprint density at radius 1 is 0.904 bits per heavy atom. The molecule has 2 amide bonds. The van der Waals surface area contributed by atoms with Crippen molar-refractivity contribution in [1.29, 1.82) is 0 Å². The highest BCUT2D eigenvalue weighted by Crippen LogP contribution is 2.39. The summed E-state index contributed by atoms with van der Waals surface area (Å²) in [5.74, 6) is -0.282. The van der Waals surface area contributed by atoms with Gasteiger partial charge in [0.2, 0.25) is 11.8 Å². The summed E-state index contributed by atoms with van der Waals surface area (Å²) in [7, 11) is 1.76. The normalized spacial score (nSPS) is 20.4. The fraction of sp³-hybridized carbons (Fsp3) is 0.381. The van der Waals surface area contributed by atoms with Crippen molar-refractivity contribution in [2.75, 3.05) is 37.9 Å². The van der Waals surface area contributed by atoms with Gasteiger partial charge in [-0.15, -0.1) is 0 Å². The minimum absolute atomic E-state index is 0.00404. The quantitative estimate of drug-likeness (QED) is 0.103. The van der Waals surface area contributed by atoms with Crippen molar-refractivity contribution in [3.05, 3.63) is 119 Å². The van der Waals surface area contributed by atoms with Crippen molar-refractivity contribution < 1.29 is 28.9 Å². The number of rotatable bonds is 15. The molecule has 0 radical (unpaired) electrons. The Kier molecular flexibility index (Phi) is 13.1. The van der Waals surface area contributed by atoms with E-state index < -0.39 is 6.29 Å². The first-order valence-corrected chi connectivity index (χ1v) is 18.2. The van der Waals surface area contributed by atoms with E-state index in [2.05, 4.69) is 45.9 Å². The maximum absolute atomic E-state index is 12.7. The number of likely N-dealkylation sites (tertiary alicyclic amines) is 1. The minimum Gasteiger partial charge on any atom is -0.397 e. The summed E-state index contributed by atoms with van der Waals surface area (Å²) in [6.07, 6.45) is 3.20. The van der Waals surface area contributed by atoms with Crippen LogP contribution in [0.2, 0.25) is 0 Å². The number of carbonyl (C=O) groups excluding carboxylic acids is 2. The van der Waals surface area contributed by atoms with Crippen LogP contribution in [0.1, 0.15) is 73.2 Å². The van der Waals surface area contributed by atoms with Crippen LogP contribution in [0.5, 0.6) is 0 Å². The Bertz CT molecular complexity index is 1770. The van der Waals surface area contributed by atoms with Crippen molar-refractivity contribution in [2.24, 2.45) is 0 Å². The fourth-order valence-corrected chi connectivity index (χ4v) is 7.10. The van der Waals surface area contributed by atoms with Gasteiger partial charge in [-0.25, -0.2) is 0 Å². The molecular formula is C42H50N4O6. The third kappa shape index (κ3) is 9.84. The van der Waals surface area contributed by atoms with Gasteiger partial charge in [-0.1, -0.05) is 84.9 Å². The maximum atomic E-state index is 12.7. The van der Waals surface area contributed by atoms with E-state index in [0.29, 0.717) is 30.4 Å². The highest BCUT2D eigenvalue weighted by Gasteiger charge is 2.35. The van der Waals surface area contributed by atoms with E-state index in [0.717, 1.165) is 72.3 Å². The Morgan fingerprint density at radius 2 is 1.63 bits per heavy atom. The molecule has 274 valence electrons. The number of amides is 2. The molecule has 5 N–H and O–H groups in total. The van der Waals surface area contributed by atoms with Gasteiger partial charge in [-0.2, -0.15) is 0 Å². The van der Waals surface area contributed by atoms with E-state index in [-0.39, 0.29) is 43.5 Å². The van der Waals surface area contributed by atoms with Gasteiger partial charge in [-0.05, 0) is 65.8 Å². The second-order valence-electron chi connectivity index (χ2n) is 13.6. The molecule has 0 aliphatic carbocycles. The van der Waals surface area contributed by atoms with Gasteiger partial charge in [0.1, 0.15) is 0 Å². The average Bonchev–Trinajstić information content (AvgIpc) is 3.61. The molecule has 2 aliphatic heterocycles. The third-order valence-corrected chi connectivity index (χ3v) is 9.94. The molecule has 52 heavy (non-hydrogen) atoms. The second-order valence-corrected chi connectivity index (χ2v) is 13.6. The van der Waals surface area contributed by atoms with Gasteiger partial charge >= 0.3 is 0 Å². The minimum atomic E-state index is -0.541. The molecule has 4 aromatic carbocycles. The van der Waals surface area contributed by atoms with Gasteiger partial charge in [-0.3, -0.25) is 14.5 Å². The Morgan fingerprint density at radius 3 is 2.40 bits per heavy atom. The van der Waals surface area contributed by atoms with Crippen molar-refractivity contribution >= 4 is 23.2 Å². The molecule has 4 aromatic rings. The summed E-state index contributed by atoms with van der Waals surface area (Å²) in [5.41, 5.74) is 12.9. The van der Waals surface area contributed by atoms with Crippen LogP contribution in [-0.4, -0.2) is 60.8 Å². The number of anilines is 2. The molecule has 0 unspecified atom stereocenters. The number of para-hydroxylation sites is 2. The predicted octanol–water partition coefficient (Wildman–Crippen LogP) is 6.51. The predicted molar refractivity (Wildman–Crippen MR) is 202 cm³/mol. The zero-order valence-corrected chi connectivity index (χ0v) is 29.8. The number of nitrogen functional groups attached to an aromatic ring is 1. The molecule has 2 heterocycles. The first-order valence-electron chi connectivity index (χ1n) is 18.2. The number of nitrogens with two attached hydrogens (primary N) is 1. The maximum Gasteiger partial charge on any atom is 0.224 e. The average molecular weight is 707 g/mol. The number of benzene rings is 4. The summed E-state index contributed by atoms with van der Waals surface area (Å²) in [6, 6.07) is 31.8. The van der Waals surface area contributed by atoms with Crippen LogP contribution in [0.4, 0.5) is 11.4 Å². The molecule has 0 aromatic heterocycles. The number of carbonyl (C=O) groups is 2. The molecular weight excluding hydrogens is 656 g/mol. The smallest absolute Gasteiger partial charge is 0.224 e. The lowest BCUT2D eigenvalue weighted by atomic mass is 9.97. The van der Waals surface area contributed by atoms with Crippen LogP contribution in [0, 0.1) is 0 Å². The summed E-state index contributed by atoms with van der Waals surface area (Å²) in [5, 5.41) is 15.4. The van der Waals surface area contributed by atoms with E-state index in [9.17, 15) is 14.7 Å². The third-order valence-electron chi connectivity index (χ3n) is 9.94. The second kappa shape index (κ2) is 18.3. The van der Waals surface area contributed by atoms with Crippen molar-refractivity contribution in [2.45, 2.75) is 76.2 Å². The van der Waals surface area contributed by atoms with E-state index in [1.807, 2.05) is 54.6 Å². The van der Waals surface area contributed by atoms with Crippen LogP contribution < -0.4 is 16.4 Å². The summed E-state index contributed by atoms with van der Waals surface area (Å²) in [4.78, 5) is 27.5. The number of ether oxygens (including phenoxy) is 3. The van der Waals surface area contributed by atoms with Crippen molar-refractivity contribution in [1.82, 2.24) is 10.2 Å². The molecule has 0 saturated carbocycles. The Balaban J connectivity index is 1.08. The first-order chi connectivity index (χ1) is 25.4. The number of nitrogens with one attached hydrogen (secondary N) is 2. The van der Waals surface area contributed by atoms with Gasteiger partial charge in [0.25, 0.3) is 0 Å². The first kappa shape index (κ1) is 37.2. The zero-order valence-electron chi connectivity index (χ0n) is 29.8. The number of aliphatic hydroxyl groups is 1. The summed E-state index contributed by atoms with van der Waals surface area (Å²) < 4.78 is 18.8. The summed E-state index contributed by atoms with van der Waals surface area (Å²) >= 11 is 0. The molecule has 10 nitrogen and oxygen atoms in total. The monoisotopic (exact) mass is 706 g/mol. The molecule has 2 fully saturated rings. The van der Waals surface area contributed by atoms with E-state index in [1.54, 1.807) is 19.2 Å². The molecule has 0 bridgehead atoms. The number of aliphatic hydroxyl groups excluding tert-OH is 1. The van der Waals surface area contributed by atoms with Crippen LogP contribution in [-0.2, 0) is 37.0 Å². The molecule has 4 atom stereocenters. The van der Waals surface area contributed by atoms with Gasteiger partial charge in [0.15, 0.2) is 6.29 Å². The lowest BCUT2D eigenvalue weighted by Gasteiger charge is -2.38. The van der Waals surface area contributed by atoms with Crippen LogP contribution in [0.3, 0.4) is 0 Å². The molecule has 10 heteroatoms. The lowest BCUT2D eigenvalue weighted by molar-refractivity contribution is -0.253. The number of hydrogen-bond donors (Lipinski definition) is 4. The lowest BCUT2D eigenvalue weighted by Crippen LogP contribution is -2.42. The van der Waals surface area contributed by atoms with Gasteiger partial charge in [0.05, 0.1) is 36.8 Å². The van der Waals surface area contributed by atoms with Crippen LogP contribution >= 0.6 is 0 Å². The van der Waals surface area contributed by atoms with E-state index in [4.69, 9.17) is 19.9 Å². The van der Waals surface area contributed by atoms with Gasteiger partial charge in [0, 0.05) is 51.1 Å². The van der Waals surface area contributed by atoms with E-state index >= 15 is 0 Å². The fourth-order valence-electron chi connectivity index (χ4n) is 7.10. The SMILES string of the molecule is COC[C@@H]1CCCN1C[C@@H]1C[C@H](c2ccc(CO)cc2)O[C@H](c2ccc(-c3ccccc3CNC(=O)CCCC(=O)Nc3ccccc3N)cc2)O1. The van der Waals surface area contributed by atoms with E-state index in [1.165, 1.54) is 0 Å². The Labute approximate surface area is 306 Å². The zero-order chi connectivity index (χ0) is 36.3. The number of hydrogen-bond acceptors (Lipinski definition) is 8. The van der Waals surface area contributed by atoms with Crippen molar-refractivity contribution in [3.8, 4) is 11.1 Å². The van der Waals surface area contributed by atoms with Crippen molar-refractivity contribution in [3.63, 3.8) is 0 Å². The summed E-state index contributed by atoms with van der Waals surface area (Å²) in [6.45, 7) is 2.94. The molecule has 2 aliphatic rings. The number of nitrogens with zero attached hydrogens (tertiary/aromatic N) is 1. The molecule has 6 rings (SSSR count).